The maximum Gasteiger partial charge on any atom is 0.323 e. The normalized spacial score (nSPS) is 13.0. The highest BCUT2D eigenvalue weighted by Crippen LogP contribution is 2.31. The van der Waals surface area contributed by atoms with Gasteiger partial charge in [0.1, 0.15) is 5.76 Å². The van der Waals surface area contributed by atoms with Crippen LogP contribution in [-0.4, -0.2) is 9.97 Å². The van der Waals surface area contributed by atoms with Gasteiger partial charge < -0.3 is 14.4 Å². The van der Waals surface area contributed by atoms with Crippen LogP contribution in [0.25, 0.3) is 11.0 Å². The van der Waals surface area contributed by atoms with Gasteiger partial charge in [-0.2, -0.15) is 0 Å². The van der Waals surface area contributed by atoms with Gasteiger partial charge in [-0.3, -0.25) is 0 Å². The molecule has 0 saturated carbocycles. The smallest absolute Gasteiger partial charge is 0.323 e. The van der Waals surface area contributed by atoms with Crippen LogP contribution in [0, 0.1) is 0 Å². The number of hydrogen-bond donors (Lipinski definition) is 2. The number of hydrogen-bond acceptors (Lipinski definition) is 2. The first-order valence-corrected chi connectivity index (χ1v) is 6.05. The summed E-state index contributed by atoms with van der Waals surface area (Å²) >= 11 is 3.57. The van der Waals surface area contributed by atoms with E-state index in [4.69, 9.17) is 4.42 Å². The van der Waals surface area contributed by atoms with Crippen LogP contribution in [0.1, 0.15) is 16.2 Å². The van der Waals surface area contributed by atoms with E-state index in [-0.39, 0.29) is 10.5 Å². The summed E-state index contributed by atoms with van der Waals surface area (Å²) in [7, 11) is 0. The number of fused-ring (bicyclic) bond motifs is 1. The number of halogens is 1. The highest BCUT2D eigenvalue weighted by atomic mass is 79.9. The minimum absolute atomic E-state index is 0.0136. The summed E-state index contributed by atoms with van der Waals surface area (Å²) in [6.07, 6.45) is 1.64. The first kappa shape index (κ1) is 10.4. The molecular formula is C12H9BrN2O2. The Hall–Kier alpha value is -1.75. The second kappa shape index (κ2) is 3.92. The van der Waals surface area contributed by atoms with E-state index in [1.54, 1.807) is 6.26 Å². The third-order valence-electron chi connectivity index (χ3n) is 2.63. The van der Waals surface area contributed by atoms with Crippen molar-refractivity contribution in [1.82, 2.24) is 9.97 Å². The summed E-state index contributed by atoms with van der Waals surface area (Å²) < 4.78 is 5.34. The second-order valence-electron chi connectivity index (χ2n) is 3.76. The molecule has 0 radical (unpaired) electrons. The van der Waals surface area contributed by atoms with Crippen LogP contribution in [0.2, 0.25) is 0 Å². The summed E-state index contributed by atoms with van der Waals surface area (Å²) in [6, 6.07) is 9.51. The highest BCUT2D eigenvalue weighted by molar-refractivity contribution is 9.09. The summed E-state index contributed by atoms with van der Waals surface area (Å²) in [5, 5.41) is 0. The number of rotatable bonds is 2. The fraction of sp³-hybridized carbons (Fsp3) is 0.0833. The Labute approximate surface area is 105 Å². The number of benzene rings is 1. The van der Waals surface area contributed by atoms with E-state index in [1.807, 2.05) is 30.3 Å². The van der Waals surface area contributed by atoms with Gasteiger partial charge in [-0.05, 0) is 29.8 Å². The molecule has 0 aliphatic heterocycles. The molecule has 0 fully saturated rings. The molecule has 0 aliphatic carbocycles. The Morgan fingerprint density at radius 1 is 1.18 bits per heavy atom. The predicted octanol–water partition coefficient (Wildman–Crippen LogP) is 2.93. The monoisotopic (exact) mass is 292 g/mol. The van der Waals surface area contributed by atoms with Gasteiger partial charge in [0.05, 0.1) is 22.1 Å². The lowest BCUT2D eigenvalue weighted by Crippen LogP contribution is -1.99. The minimum atomic E-state index is -0.193. The first-order valence-electron chi connectivity index (χ1n) is 5.13. The van der Waals surface area contributed by atoms with E-state index >= 15 is 0 Å². The van der Waals surface area contributed by atoms with E-state index in [1.165, 1.54) is 0 Å². The van der Waals surface area contributed by atoms with Crippen molar-refractivity contribution in [2.45, 2.75) is 4.83 Å². The van der Waals surface area contributed by atoms with Crippen LogP contribution >= 0.6 is 15.9 Å². The van der Waals surface area contributed by atoms with Crippen LogP contribution in [0.3, 0.4) is 0 Å². The van der Waals surface area contributed by atoms with Crippen LogP contribution in [0.15, 0.2) is 45.8 Å². The van der Waals surface area contributed by atoms with Gasteiger partial charge in [0.2, 0.25) is 0 Å². The summed E-state index contributed by atoms with van der Waals surface area (Å²) in [5.74, 6) is 0.835. The van der Waals surface area contributed by atoms with Crippen molar-refractivity contribution in [3.05, 3.63) is 58.4 Å². The predicted molar refractivity (Wildman–Crippen MR) is 68.4 cm³/mol. The molecule has 3 rings (SSSR count). The van der Waals surface area contributed by atoms with E-state index in [2.05, 4.69) is 25.9 Å². The molecule has 0 spiro atoms. The molecule has 1 aromatic carbocycles. The highest BCUT2D eigenvalue weighted by Gasteiger charge is 2.13. The molecule has 1 unspecified atom stereocenters. The Kier molecular flexibility index (Phi) is 2.40. The average Bonchev–Trinajstić information content (AvgIpc) is 2.94. The maximum absolute atomic E-state index is 11.2. The summed E-state index contributed by atoms with van der Waals surface area (Å²) in [5.41, 5.74) is 2.44. The molecule has 3 aromatic rings. The largest absolute Gasteiger partial charge is 0.468 e. The van der Waals surface area contributed by atoms with Crippen molar-refractivity contribution in [2.24, 2.45) is 0 Å². The van der Waals surface area contributed by atoms with E-state index in [9.17, 15) is 4.79 Å². The molecule has 0 saturated heterocycles. The molecule has 2 N–H and O–H groups in total. The van der Waals surface area contributed by atoms with Gasteiger partial charge in [0.15, 0.2) is 0 Å². The van der Waals surface area contributed by atoms with E-state index in [0.717, 1.165) is 22.4 Å². The van der Waals surface area contributed by atoms with Crippen molar-refractivity contribution in [3.8, 4) is 0 Å². The fourth-order valence-corrected chi connectivity index (χ4v) is 2.35. The van der Waals surface area contributed by atoms with Crippen molar-refractivity contribution >= 4 is 27.0 Å². The molecule has 0 aliphatic rings. The molecule has 0 bridgehead atoms. The number of aromatic amines is 2. The minimum Gasteiger partial charge on any atom is -0.468 e. The third-order valence-corrected chi connectivity index (χ3v) is 3.61. The third kappa shape index (κ3) is 1.82. The van der Waals surface area contributed by atoms with Crippen molar-refractivity contribution < 1.29 is 4.42 Å². The lowest BCUT2D eigenvalue weighted by atomic mass is 10.1. The summed E-state index contributed by atoms with van der Waals surface area (Å²) in [6.45, 7) is 0. The average molecular weight is 293 g/mol. The number of H-pyrrole nitrogens is 2. The van der Waals surface area contributed by atoms with Crippen LogP contribution < -0.4 is 5.69 Å². The molecule has 2 aromatic heterocycles. The Bertz CT molecular complexity index is 697. The Balaban J connectivity index is 2.08. The van der Waals surface area contributed by atoms with Crippen LogP contribution in [-0.2, 0) is 0 Å². The van der Waals surface area contributed by atoms with Crippen LogP contribution in [0.4, 0.5) is 0 Å². The zero-order valence-electron chi connectivity index (χ0n) is 8.74. The van der Waals surface area contributed by atoms with Gasteiger partial charge >= 0.3 is 5.69 Å². The number of furan rings is 1. The Morgan fingerprint density at radius 2 is 2.00 bits per heavy atom. The molecule has 0 amide bonds. The zero-order chi connectivity index (χ0) is 11.8. The van der Waals surface area contributed by atoms with Crippen molar-refractivity contribution in [2.75, 3.05) is 0 Å². The molecule has 86 valence electrons. The molecule has 1 atom stereocenters. The topological polar surface area (TPSA) is 61.8 Å². The van der Waals surface area contributed by atoms with Gasteiger partial charge in [0, 0.05) is 0 Å². The van der Waals surface area contributed by atoms with Gasteiger partial charge in [-0.1, -0.05) is 22.0 Å². The SMILES string of the molecule is O=c1[nH]c2ccc(C(Br)c3ccco3)cc2[nH]1. The van der Waals surface area contributed by atoms with Gasteiger partial charge in [0.25, 0.3) is 0 Å². The first-order chi connectivity index (χ1) is 8.24. The van der Waals surface area contributed by atoms with Crippen molar-refractivity contribution in [1.29, 1.82) is 0 Å². The van der Waals surface area contributed by atoms with Crippen LogP contribution in [0.5, 0.6) is 0 Å². The number of nitrogens with one attached hydrogen (secondary N) is 2. The quantitative estimate of drug-likeness (QED) is 0.714. The molecule has 5 heteroatoms. The zero-order valence-corrected chi connectivity index (χ0v) is 10.3. The number of alkyl halides is 1. The molecule has 17 heavy (non-hydrogen) atoms. The fourth-order valence-electron chi connectivity index (χ4n) is 1.81. The van der Waals surface area contributed by atoms with E-state index < -0.39 is 0 Å². The van der Waals surface area contributed by atoms with Gasteiger partial charge in [-0.25, -0.2) is 4.79 Å². The number of imidazole rings is 1. The second-order valence-corrected chi connectivity index (χ2v) is 4.68. The number of aromatic nitrogens is 2. The maximum atomic E-state index is 11.2. The molecule has 2 heterocycles. The lowest BCUT2D eigenvalue weighted by Gasteiger charge is -2.06. The molecule has 4 nitrogen and oxygen atoms in total. The lowest BCUT2D eigenvalue weighted by molar-refractivity contribution is 0.520. The standard InChI is InChI=1S/C12H9BrN2O2/c13-11(10-2-1-5-17-10)7-3-4-8-9(6-7)15-12(16)14-8/h1-6,11H,(H2,14,15,16). The van der Waals surface area contributed by atoms with Gasteiger partial charge in [-0.15, -0.1) is 0 Å². The Morgan fingerprint density at radius 3 is 2.76 bits per heavy atom. The summed E-state index contributed by atoms with van der Waals surface area (Å²) in [4.78, 5) is 16.6. The van der Waals surface area contributed by atoms with Crippen molar-refractivity contribution in [3.63, 3.8) is 0 Å². The van der Waals surface area contributed by atoms with E-state index in [0.29, 0.717) is 0 Å². The molecular weight excluding hydrogens is 284 g/mol.